The first kappa shape index (κ1) is 13.2. The number of aromatic nitrogens is 2. The Bertz CT molecular complexity index is 865. The number of rotatable bonds is 2. The van der Waals surface area contributed by atoms with E-state index in [-0.39, 0.29) is 5.56 Å². The Kier molecular flexibility index (Phi) is 2.90. The third-order valence-corrected chi connectivity index (χ3v) is 3.54. The average Bonchev–Trinajstić information content (AvgIpc) is 2.75. The van der Waals surface area contributed by atoms with Gasteiger partial charge in [0.25, 0.3) is 0 Å². The van der Waals surface area contributed by atoms with E-state index < -0.39 is 5.97 Å². The number of imidazole rings is 1. The number of nitrogen functional groups attached to an aromatic ring is 1. The number of anilines is 1. The van der Waals surface area contributed by atoms with Crippen molar-refractivity contribution in [2.75, 3.05) is 5.73 Å². The van der Waals surface area contributed by atoms with Crippen molar-refractivity contribution < 1.29 is 9.90 Å². The van der Waals surface area contributed by atoms with Crippen molar-refractivity contribution in [3.63, 3.8) is 0 Å². The molecule has 0 saturated carbocycles. The highest BCUT2D eigenvalue weighted by Gasteiger charge is 2.14. The number of hydrogen-bond donors (Lipinski definition) is 2. The lowest BCUT2D eigenvalue weighted by Gasteiger charge is -2.05. The van der Waals surface area contributed by atoms with Crippen molar-refractivity contribution in [1.82, 2.24) is 9.38 Å². The van der Waals surface area contributed by atoms with Crippen LogP contribution in [-0.4, -0.2) is 20.5 Å². The van der Waals surface area contributed by atoms with E-state index in [1.165, 1.54) is 17.8 Å². The highest BCUT2D eigenvalue weighted by Crippen LogP contribution is 2.29. The first-order valence-electron chi connectivity index (χ1n) is 6.56. The van der Waals surface area contributed by atoms with Crippen LogP contribution in [0.3, 0.4) is 0 Å². The molecule has 0 bridgehead atoms. The van der Waals surface area contributed by atoms with Crippen LogP contribution < -0.4 is 5.73 Å². The molecule has 2 heterocycles. The molecular weight excluding hydrogens is 266 g/mol. The molecule has 0 aliphatic carbocycles. The van der Waals surface area contributed by atoms with Crippen molar-refractivity contribution in [3.8, 4) is 11.3 Å². The van der Waals surface area contributed by atoms with E-state index >= 15 is 0 Å². The van der Waals surface area contributed by atoms with Crippen LogP contribution in [0.1, 0.15) is 21.5 Å². The fourth-order valence-electron chi connectivity index (χ4n) is 2.47. The molecule has 3 rings (SSSR count). The molecule has 5 nitrogen and oxygen atoms in total. The molecule has 0 aliphatic heterocycles. The summed E-state index contributed by atoms with van der Waals surface area (Å²) in [5.41, 5.74) is 10.9. The van der Waals surface area contributed by atoms with Crippen LogP contribution in [0.2, 0.25) is 0 Å². The topological polar surface area (TPSA) is 80.6 Å². The quantitative estimate of drug-likeness (QED) is 0.756. The van der Waals surface area contributed by atoms with Gasteiger partial charge in [-0.25, -0.2) is 9.78 Å². The molecule has 3 N–H and O–H groups in total. The van der Waals surface area contributed by atoms with Crippen molar-refractivity contribution in [1.29, 1.82) is 0 Å². The van der Waals surface area contributed by atoms with E-state index in [0.29, 0.717) is 17.2 Å². The largest absolute Gasteiger partial charge is 0.478 e. The highest BCUT2D eigenvalue weighted by atomic mass is 16.4. The molecule has 3 aromatic rings. The SMILES string of the molecule is Cc1ccc(-c2nc3ccc(C(=O)O)cn3c2N)c(C)c1. The van der Waals surface area contributed by atoms with Gasteiger partial charge in [0.2, 0.25) is 0 Å². The van der Waals surface area contributed by atoms with Gasteiger partial charge in [-0.3, -0.25) is 4.40 Å². The molecule has 0 spiro atoms. The number of benzene rings is 1. The summed E-state index contributed by atoms with van der Waals surface area (Å²) in [5, 5.41) is 9.06. The normalized spacial score (nSPS) is 11.0. The molecule has 1 aromatic carbocycles. The van der Waals surface area contributed by atoms with Crippen LogP contribution in [0, 0.1) is 13.8 Å². The van der Waals surface area contributed by atoms with Crippen LogP contribution in [0.25, 0.3) is 16.9 Å². The lowest BCUT2D eigenvalue weighted by atomic mass is 10.0. The van der Waals surface area contributed by atoms with Gasteiger partial charge < -0.3 is 10.8 Å². The number of aryl methyl sites for hydroxylation is 2. The van der Waals surface area contributed by atoms with Gasteiger partial charge in [-0.2, -0.15) is 0 Å². The van der Waals surface area contributed by atoms with Crippen molar-refractivity contribution >= 4 is 17.4 Å². The molecular formula is C16H15N3O2. The predicted molar refractivity (Wildman–Crippen MR) is 81.5 cm³/mol. The lowest BCUT2D eigenvalue weighted by Crippen LogP contribution is -2.00. The van der Waals surface area contributed by atoms with Crippen molar-refractivity contribution in [2.24, 2.45) is 0 Å². The molecule has 0 radical (unpaired) electrons. The van der Waals surface area contributed by atoms with Crippen molar-refractivity contribution in [3.05, 3.63) is 53.2 Å². The van der Waals surface area contributed by atoms with Crippen molar-refractivity contribution in [2.45, 2.75) is 13.8 Å². The Morgan fingerprint density at radius 2 is 2.00 bits per heavy atom. The van der Waals surface area contributed by atoms with Crippen LogP contribution in [0.15, 0.2) is 36.5 Å². The first-order valence-corrected chi connectivity index (χ1v) is 6.56. The van der Waals surface area contributed by atoms with Gasteiger partial charge in [-0.05, 0) is 31.5 Å². The van der Waals surface area contributed by atoms with Gasteiger partial charge in [0.15, 0.2) is 0 Å². The van der Waals surface area contributed by atoms with Gasteiger partial charge in [0, 0.05) is 11.8 Å². The molecule has 0 atom stereocenters. The maximum atomic E-state index is 11.0. The van der Waals surface area contributed by atoms with Gasteiger partial charge in [-0.1, -0.05) is 23.8 Å². The number of aromatic carboxylic acids is 1. The number of pyridine rings is 1. The average molecular weight is 281 g/mol. The van der Waals surface area contributed by atoms with Crippen LogP contribution in [0.4, 0.5) is 5.82 Å². The number of nitrogens with two attached hydrogens (primary N) is 1. The lowest BCUT2D eigenvalue weighted by molar-refractivity contribution is 0.0696. The van der Waals surface area contributed by atoms with Gasteiger partial charge >= 0.3 is 5.97 Å². The molecule has 21 heavy (non-hydrogen) atoms. The fraction of sp³-hybridized carbons (Fsp3) is 0.125. The maximum Gasteiger partial charge on any atom is 0.337 e. The summed E-state index contributed by atoms with van der Waals surface area (Å²) in [6, 6.07) is 9.25. The molecule has 106 valence electrons. The van der Waals surface area contributed by atoms with E-state index in [2.05, 4.69) is 11.1 Å². The molecule has 0 unspecified atom stereocenters. The Balaban J connectivity index is 2.24. The van der Waals surface area contributed by atoms with Crippen LogP contribution in [-0.2, 0) is 0 Å². The number of fused-ring (bicyclic) bond motifs is 1. The zero-order valence-electron chi connectivity index (χ0n) is 11.8. The smallest absolute Gasteiger partial charge is 0.337 e. The van der Waals surface area contributed by atoms with E-state index in [0.717, 1.165) is 11.1 Å². The maximum absolute atomic E-state index is 11.0. The summed E-state index contributed by atoms with van der Waals surface area (Å²) >= 11 is 0. The second-order valence-electron chi connectivity index (χ2n) is 5.12. The first-order chi connectivity index (χ1) is 9.97. The summed E-state index contributed by atoms with van der Waals surface area (Å²) in [5.74, 6) is -0.543. The molecule has 0 fully saturated rings. The Labute approximate surface area is 121 Å². The number of carboxylic acids is 1. The zero-order valence-corrected chi connectivity index (χ0v) is 11.8. The third kappa shape index (κ3) is 2.12. The minimum atomic E-state index is -0.988. The second-order valence-corrected chi connectivity index (χ2v) is 5.12. The number of carbonyl (C=O) groups is 1. The summed E-state index contributed by atoms with van der Waals surface area (Å²) in [6.07, 6.45) is 1.49. The molecule has 0 saturated heterocycles. The number of carboxylic acid groups (broad SMARTS) is 1. The van der Waals surface area contributed by atoms with Gasteiger partial charge in [0.1, 0.15) is 17.2 Å². The van der Waals surface area contributed by atoms with Gasteiger partial charge in [-0.15, -0.1) is 0 Å². The Morgan fingerprint density at radius 1 is 1.24 bits per heavy atom. The van der Waals surface area contributed by atoms with Crippen LogP contribution >= 0.6 is 0 Å². The minimum absolute atomic E-state index is 0.179. The van der Waals surface area contributed by atoms with Crippen LogP contribution in [0.5, 0.6) is 0 Å². The third-order valence-electron chi connectivity index (χ3n) is 3.54. The van der Waals surface area contributed by atoms with E-state index in [9.17, 15) is 4.79 Å². The Hall–Kier alpha value is -2.82. The second kappa shape index (κ2) is 4.63. The zero-order chi connectivity index (χ0) is 15.1. The number of nitrogens with zero attached hydrogens (tertiary/aromatic N) is 2. The van der Waals surface area contributed by atoms with E-state index in [1.54, 1.807) is 10.5 Å². The number of hydrogen-bond acceptors (Lipinski definition) is 3. The molecule has 2 aromatic heterocycles. The Morgan fingerprint density at radius 3 is 2.67 bits per heavy atom. The minimum Gasteiger partial charge on any atom is -0.478 e. The molecule has 5 heteroatoms. The van der Waals surface area contributed by atoms with Gasteiger partial charge in [0.05, 0.1) is 5.56 Å². The predicted octanol–water partition coefficient (Wildman–Crippen LogP) is 2.90. The summed E-state index contributed by atoms with van der Waals surface area (Å²) in [7, 11) is 0. The summed E-state index contributed by atoms with van der Waals surface area (Å²) < 4.78 is 1.61. The monoisotopic (exact) mass is 281 g/mol. The standard InChI is InChI=1S/C16H15N3O2/c1-9-3-5-12(10(2)7-9)14-15(17)19-8-11(16(20)21)4-6-13(19)18-14/h3-8H,17H2,1-2H3,(H,20,21). The van der Waals surface area contributed by atoms with E-state index in [1.807, 2.05) is 26.0 Å². The molecule has 0 amide bonds. The van der Waals surface area contributed by atoms with E-state index in [4.69, 9.17) is 10.8 Å². The summed E-state index contributed by atoms with van der Waals surface area (Å²) in [4.78, 5) is 15.6. The highest BCUT2D eigenvalue weighted by molar-refractivity contribution is 5.88. The summed E-state index contributed by atoms with van der Waals surface area (Å²) in [6.45, 7) is 4.04. The molecule has 0 aliphatic rings. The fourth-order valence-corrected chi connectivity index (χ4v) is 2.47.